The van der Waals surface area contributed by atoms with Gasteiger partial charge in [0.15, 0.2) is 0 Å². The molecule has 1 aromatic carbocycles. The number of aromatic nitrogens is 2. The maximum Gasteiger partial charge on any atom is 0.387 e. The third kappa shape index (κ3) is 7.97. The summed E-state index contributed by atoms with van der Waals surface area (Å²) in [6, 6.07) is 10.6. The van der Waals surface area contributed by atoms with E-state index in [4.69, 9.17) is 0 Å². The van der Waals surface area contributed by atoms with Crippen LogP contribution in [0.2, 0.25) is 0 Å². The molecule has 7 nitrogen and oxygen atoms in total. The first kappa shape index (κ1) is 30.3. The van der Waals surface area contributed by atoms with E-state index in [-0.39, 0.29) is 23.7 Å². The number of carbonyl (C=O) groups excluding carboxylic acids is 1. The fraction of sp³-hybridized carbons (Fsp3) is 0.452. The topological polar surface area (TPSA) is 70.6 Å². The fourth-order valence-electron chi connectivity index (χ4n) is 5.53. The average molecular weight is 570 g/mol. The zero-order chi connectivity index (χ0) is 29.5. The van der Waals surface area contributed by atoms with Crippen molar-refractivity contribution in [3.63, 3.8) is 0 Å². The van der Waals surface area contributed by atoms with E-state index in [1.54, 1.807) is 32.2 Å². The van der Waals surface area contributed by atoms with Crippen LogP contribution in [-0.2, 0) is 6.54 Å². The number of rotatable bonds is 11. The van der Waals surface area contributed by atoms with Gasteiger partial charge in [0.1, 0.15) is 5.75 Å². The molecule has 0 saturated carbocycles. The molecule has 220 valence electrons. The van der Waals surface area contributed by atoms with Crippen LogP contribution in [0.4, 0.5) is 18.9 Å². The molecule has 1 aliphatic rings. The number of hydrogen-bond acceptors (Lipinski definition) is 6. The molecule has 1 amide bonds. The Morgan fingerprint density at radius 3 is 2.46 bits per heavy atom. The van der Waals surface area contributed by atoms with Gasteiger partial charge in [-0.25, -0.2) is 4.98 Å². The molecule has 0 unspecified atom stereocenters. The zero-order valence-electron chi connectivity index (χ0n) is 24.0. The third-order valence-electron chi connectivity index (χ3n) is 7.89. The molecule has 1 saturated heterocycles. The van der Waals surface area contributed by atoms with Crippen molar-refractivity contribution in [3.8, 4) is 5.75 Å². The molecule has 1 N–H and O–H groups in total. The highest BCUT2D eigenvalue weighted by molar-refractivity contribution is 5.96. The second-order valence-corrected chi connectivity index (χ2v) is 10.7. The number of amides is 1. The van der Waals surface area contributed by atoms with Gasteiger partial charge in [-0.2, -0.15) is 13.2 Å². The molecule has 0 spiro atoms. The van der Waals surface area contributed by atoms with Crippen molar-refractivity contribution in [2.75, 3.05) is 24.5 Å². The molecule has 10 heteroatoms. The van der Waals surface area contributed by atoms with E-state index in [2.05, 4.69) is 43.7 Å². The first-order chi connectivity index (χ1) is 19.6. The predicted molar refractivity (Wildman–Crippen MR) is 153 cm³/mol. The van der Waals surface area contributed by atoms with Crippen molar-refractivity contribution < 1.29 is 22.7 Å². The second-order valence-electron chi connectivity index (χ2n) is 10.7. The van der Waals surface area contributed by atoms with Gasteiger partial charge in [-0.05, 0) is 100 Å². The van der Waals surface area contributed by atoms with E-state index in [9.17, 15) is 18.0 Å². The number of piperidine rings is 1. The summed E-state index contributed by atoms with van der Waals surface area (Å²) in [5.41, 5.74) is 4.61. The van der Waals surface area contributed by atoms with Crippen LogP contribution in [0.25, 0.3) is 0 Å². The summed E-state index contributed by atoms with van der Waals surface area (Å²) in [6.45, 7) is 7.69. The van der Waals surface area contributed by atoms with Crippen LogP contribution < -0.4 is 15.0 Å². The summed E-state index contributed by atoms with van der Waals surface area (Å²) in [6.07, 6.45) is 6.32. The van der Waals surface area contributed by atoms with Crippen LogP contribution in [0.5, 0.6) is 5.75 Å². The van der Waals surface area contributed by atoms with Crippen LogP contribution in [0.1, 0.15) is 58.9 Å². The van der Waals surface area contributed by atoms with Gasteiger partial charge < -0.3 is 19.9 Å². The quantitative estimate of drug-likeness (QED) is 0.294. The number of nitrogens with one attached hydrogen (secondary N) is 1. The van der Waals surface area contributed by atoms with Gasteiger partial charge in [-0.3, -0.25) is 9.78 Å². The third-order valence-corrected chi connectivity index (χ3v) is 7.89. The standard InChI is InChI=1S/C31H38F3N5O2/c1-20-9-13-35-18-24(20)19-39(25-5-7-27(8-6-25)41-31(33)34)26-11-15-38(16-12-26)22(3)10-14-36-30(40)29-21(2)17-28(32)37-23(29)4/h5-9,13,17-18,22,26,31H,10-12,14-16,19H2,1-4H3,(H,36,40)/t22-/m1/s1. The van der Waals surface area contributed by atoms with Gasteiger partial charge in [0, 0.05) is 56.3 Å². The summed E-state index contributed by atoms with van der Waals surface area (Å²) in [7, 11) is 0. The van der Waals surface area contributed by atoms with Crippen molar-refractivity contribution in [1.82, 2.24) is 20.2 Å². The number of hydrogen-bond donors (Lipinski definition) is 1. The monoisotopic (exact) mass is 569 g/mol. The molecule has 3 aromatic rings. The van der Waals surface area contributed by atoms with Gasteiger partial charge in [-0.15, -0.1) is 0 Å². The molecule has 1 atom stereocenters. The molecule has 1 fully saturated rings. The van der Waals surface area contributed by atoms with E-state index in [0.717, 1.165) is 49.2 Å². The maximum absolute atomic E-state index is 13.5. The van der Waals surface area contributed by atoms with Gasteiger partial charge >= 0.3 is 6.61 Å². The SMILES string of the molecule is Cc1ccncc1CN(c1ccc(OC(F)F)cc1)C1CCN([C@H](C)CCNC(=O)c2c(C)cc(F)nc2C)CC1. The van der Waals surface area contributed by atoms with E-state index in [1.807, 2.05) is 24.4 Å². The lowest BCUT2D eigenvalue weighted by molar-refractivity contribution is -0.0498. The van der Waals surface area contributed by atoms with Crippen LogP contribution in [0, 0.1) is 26.7 Å². The summed E-state index contributed by atoms with van der Waals surface area (Å²) in [4.78, 5) is 25.6. The van der Waals surface area contributed by atoms with Crippen LogP contribution in [0.3, 0.4) is 0 Å². The Bertz CT molecular complexity index is 1290. The molecule has 4 rings (SSSR count). The molecular weight excluding hydrogens is 531 g/mol. The maximum atomic E-state index is 13.5. The van der Waals surface area contributed by atoms with Gasteiger partial charge in [0.05, 0.1) is 11.3 Å². The normalized spacial score (nSPS) is 15.1. The first-order valence-corrected chi connectivity index (χ1v) is 14.0. The number of likely N-dealkylation sites (tertiary alicyclic amines) is 1. The largest absolute Gasteiger partial charge is 0.435 e. The van der Waals surface area contributed by atoms with Crippen molar-refractivity contribution >= 4 is 11.6 Å². The molecule has 2 aromatic heterocycles. The number of benzene rings is 1. The van der Waals surface area contributed by atoms with Gasteiger partial charge in [0.2, 0.25) is 5.95 Å². The smallest absolute Gasteiger partial charge is 0.387 e. The Kier molecular flexibility index (Phi) is 10.2. The van der Waals surface area contributed by atoms with Gasteiger partial charge in [0.25, 0.3) is 5.91 Å². The van der Waals surface area contributed by atoms with E-state index in [1.165, 1.54) is 6.07 Å². The summed E-state index contributed by atoms with van der Waals surface area (Å²) >= 11 is 0. The van der Waals surface area contributed by atoms with Crippen molar-refractivity contribution in [3.05, 3.63) is 82.7 Å². The minimum Gasteiger partial charge on any atom is -0.435 e. The van der Waals surface area contributed by atoms with E-state index < -0.39 is 12.6 Å². The number of aryl methyl sites for hydroxylation is 3. The Balaban J connectivity index is 1.35. The number of halogens is 3. The zero-order valence-corrected chi connectivity index (χ0v) is 24.0. The highest BCUT2D eigenvalue weighted by Crippen LogP contribution is 2.29. The number of alkyl halides is 2. The molecule has 0 bridgehead atoms. The summed E-state index contributed by atoms with van der Waals surface area (Å²) < 4.78 is 43.4. The number of carbonyl (C=O) groups is 1. The Morgan fingerprint density at radius 2 is 1.83 bits per heavy atom. The minimum absolute atomic E-state index is 0.137. The van der Waals surface area contributed by atoms with Crippen molar-refractivity contribution in [1.29, 1.82) is 0 Å². The highest BCUT2D eigenvalue weighted by Gasteiger charge is 2.28. The van der Waals surface area contributed by atoms with E-state index >= 15 is 0 Å². The Labute approximate surface area is 239 Å². The number of anilines is 1. The lowest BCUT2D eigenvalue weighted by atomic mass is 9.99. The average Bonchev–Trinajstić information content (AvgIpc) is 2.92. The van der Waals surface area contributed by atoms with Crippen molar-refractivity contribution in [2.45, 2.75) is 72.2 Å². The summed E-state index contributed by atoms with van der Waals surface area (Å²) in [5, 5.41) is 2.97. The molecular formula is C31H38F3N5O2. The van der Waals surface area contributed by atoms with Crippen LogP contribution >= 0.6 is 0 Å². The summed E-state index contributed by atoms with van der Waals surface area (Å²) in [5.74, 6) is -0.678. The highest BCUT2D eigenvalue weighted by atomic mass is 19.3. The van der Waals surface area contributed by atoms with Crippen molar-refractivity contribution in [2.24, 2.45) is 0 Å². The lowest BCUT2D eigenvalue weighted by Crippen LogP contribution is -2.48. The van der Waals surface area contributed by atoms with Crippen LogP contribution in [0.15, 0.2) is 48.8 Å². The molecule has 0 radical (unpaired) electrons. The van der Waals surface area contributed by atoms with Crippen LogP contribution in [-0.4, -0.2) is 59.1 Å². The fourth-order valence-corrected chi connectivity index (χ4v) is 5.53. The predicted octanol–water partition coefficient (Wildman–Crippen LogP) is 5.82. The number of pyridine rings is 2. The number of nitrogens with zero attached hydrogens (tertiary/aromatic N) is 4. The minimum atomic E-state index is -2.86. The number of ether oxygens (including phenoxy) is 1. The van der Waals surface area contributed by atoms with Gasteiger partial charge in [-0.1, -0.05) is 0 Å². The Hall–Kier alpha value is -3.66. The molecule has 0 aliphatic carbocycles. The lowest BCUT2D eigenvalue weighted by Gasteiger charge is -2.42. The Morgan fingerprint density at radius 1 is 1.12 bits per heavy atom. The first-order valence-electron chi connectivity index (χ1n) is 14.0. The molecule has 3 heterocycles. The molecule has 1 aliphatic heterocycles. The second kappa shape index (κ2) is 13.8. The van der Waals surface area contributed by atoms with E-state index in [0.29, 0.717) is 29.9 Å². The molecule has 41 heavy (non-hydrogen) atoms.